The van der Waals surface area contributed by atoms with E-state index in [2.05, 4.69) is 10.0 Å². The quantitative estimate of drug-likeness (QED) is 0.704. The van der Waals surface area contributed by atoms with Gasteiger partial charge in [-0.2, -0.15) is 0 Å². The van der Waals surface area contributed by atoms with Crippen LogP contribution in [0, 0.1) is 19.8 Å². The van der Waals surface area contributed by atoms with Crippen molar-refractivity contribution in [3.63, 3.8) is 0 Å². The third-order valence-electron chi connectivity index (χ3n) is 5.52. The molecule has 1 aliphatic rings. The Morgan fingerprint density at radius 1 is 1.10 bits per heavy atom. The molecule has 2 aromatic rings. The number of rotatable bonds is 7. The molecule has 2 N–H and O–H groups in total. The fraction of sp³-hybridized carbons (Fsp3) is 0.364. The zero-order chi connectivity index (χ0) is 21.9. The summed E-state index contributed by atoms with van der Waals surface area (Å²) in [6.07, 6.45) is 0.194. The minimum atomic E-state index is -3.32. The monoisotopic (exact) mass is 429 g/mol. The van der Waals surface area contributed by atoms with Crippen molar-refractivity contribution in [3.8, 4) is 0 Å². The zero-order valence-electron chi connectivity index (χ0n) is 17.4. The van der Waals surface area contributed by atoms with E-state index in [0.717, 1.165) is 22.4 Å². The van der Waals surface area contributed by atoms with Crippen molar-refractivity contribution < 1.29 is 18.0 Å². The van der Waals surface area contributed by atoms with Crippen LogP contribution in [0.5, 0.6) is 0 Å². The summed E-state index contributed by atoms with van der Waals surface area (Å²) in [7, 11) is -1.93. The Labute approximate surface area is 177 Å². The second-order valence-corrected chi connectivity index (χ2v) is 9.55. The van der Waals surface area contributed by atoms with Crippen molar-refractivity contribution in [2.75, 3.05) is 18.5 Å². The Hall–Kier alpha value is -2.71. The van der Waals surface area contributed by atoms with E-state index in [-0.39, 0.29) is 24.0 Å². The van der Waals surface area contributed by atoms with Gasteiger partial charge in [-0.25, -0.2) is 13.1 Å². The fourth-order valence-electron chi connectivity index (χ4n) is 3.52. The maximum atomic E-state index is 12.6. The number of carbonyl (C=O) groups is 2. The number of anilines is 1. The summed E-state index contributed by atoms with van der Waals surface area (Å²) in [5.41, 5.74) is 4.56. The highest BCUT2D eigenvalue weighted by atomic mass is 32.2. The molecule has 160 valence electrons. The van der Waals surface area contributed by atoms with E-state index in [0.29, 0.717) is 18.7 Å². The number of amides is 2. The molecule has 0 saturated carbocycles. The molecule has 2 aromatic carbocycles. The van der Waals surface area contributed by atoms with Crippen LogP contribution in [-0.4, -0.2) is 33.8 Å². The molecule has 2 amide bonds. The summed E-state index contributed by atoms with van der Waals surface area (Å²) in [6, 6.07) is 12.9. The molecule has 0 unspecified atom stereocenters. The average molecular weight is 430 g/mol. The van der Waals surface area contributed by atoms with Crippen LogP contribution >= 0.6 is 0 Å². The lowest BCUT2D eigenvalue weighted by molar-refractivity contribution is -0.126. The predicted octanol–water partition coefficient (Wildman–Crippen LogP) is 2.02. The zero-order valence-corrected chi connectivity index (χ0v) is 18.3. The second kappa shape index (κ2) is 8.97. The molecule has 0 bridgehead atoms. The summed E-state index contributed by atoms with van der Waals surface area (Å²) in [4.78, 5) is 26.8. The van der Waals surface area contributed by atoms with Crippen molar-refractivity contribution in [1.29, 1.82) is 0 Å². The minimum absolute atomic E-state index is 0.0426. The van der Waals surface area contributed by atoms with Gasteiger partial charge in [-0.1, -0.05) is 36.4 Å². The van der Waals surface area contributed by atoms with Crippen LogP contribution in [0.15, 0.2) is 42.5 Å². The van der Waals surface area contributed by atoms with Crippen LogP contribution in [-0.2, 0) is 31.9 Å². The molecule has 1 atom stereocenters. The van der Waals surface area contributed by atoms with Crippen LogP contribution in [0.4, 0.5) is 5.69 Å². The molecule has 0 spiro atoms. The van der Waals surface area contributed by atoms with E-state index < -0.39 is 15.9 Å². The number of sulfonamides is 1. The molecule has 1 saturated heterocycles. The molecule has 1 heterocycles. The van der Waals surface area contributed by atoms with E-state index in [1.54, 1.807) is 29.2 Å². The Morgan fingerprint density at radius 3 is 2.43 bits per heavy atom. The van der Waals surface area contributed by atoms with E-state index in [1.165, 1.54) is 7.05 Å². The molecule has 7 nitrogen and oxygen atoms in total. The van der Waals surface area contributed by atoms with Crippen molar-refractivity contribution in [3.05, 3.63) is 64.7 Å². The number of nitrogens with zero attached hydrogens (tertiary/aromatic N) is 1. The van der Waals surface area contributed by atoms with Gasteiger partial charge in [0.25, 0.3) is 0 Å². The van der Waals surface area contributed by atoms with E-state index >= 15 is 0 Å². The topological polar surface area (TPSA) is 95.6 Å². The Kier molecular flexibility index (Phi) is 6.58. The third-order valence-corrected chi connectivity index (χ3v) is 6.86. The number of benzene rings is 2. The SMILES string of the molecule is CNS(=O)(=O)Cc1ccc(CNC(=O)[C@@H]2CC(=O)N(c3cccc(C)c3C)C2)cc1. The Morgan fingerprint density at radius 2 is 1.77 bits per heavy atom. The molecule has 0 aliphatic carbocycles. The van der Waals surface area contributed by atoms with E-state index in [4.69, 9.17) is 0 Å². The molecule has 0 aromatic heterocycles. The molecule has 8 heteroatoms. The van der Waals surface area contributed by atoms with Crippen molar-refractivity contribution in [1.82, 2.24) is 10.0 Å². The van der Waals surface area contributed by atoms with Crippen molar-refractivity contribution in [2.45, 2.75) is 32.6 Å². The first-order valence-corrected chi connectivity index (χ1v) is 11.5. The first-order chi connectivity index (χ1) is 14.2. The number of hydrogen-bond donors (Lipinski definition) is 2. The van der Waals surface area contributed by atoms with Gasteiger partial charge in [-0.3, -0.25) is 9.59 Å². The van der Waals surface area contributed by atoms with Crippen molar-refractivity contribution in [2.24, 2.45) is 5.92 Å². The van der Waals surface area contributed by atoms with Gasteiger partial charge in [-0.15, -0.1) is 0 Å². The number of nitrogens with one attached hydrogen (secondary N) is 2. The van der Waals surface area contributed by atoms with E-state index in [1.807, 2.05) is 32.0 Å². The molecule has 30 heavy (non-hydrogen) atoms. The molecular weight excluding hydrogens is 402 g/mol. The van der Waals surface area contributed by atoms with Crippen LogP contribution in [0.2, 0.25) is 0 Å². The highest BCUT2D eigenvalue weighted by molar-refractivity contribution is 7.88. The first-order valence-electron chi connectivity index (χ1n) is 9.83. The van der Waals surface area contributed by atoms with Crippen LogP contribution in [0.25, 0.3) is 0 Å². The number of carbonyl (C=O) groups excluding carboxylic acids is 2. The van der Waals surface area contributed by atoms with E-state index in [9.17, 15) is 18.0 Å². The van der Waals surface area contributed by atoms with Gasteiger partial charge in [0.15, 0.2) is 0 Å². The highest BCUT2D eigenvalue weighted by Gasteiger charge is 2.35. The third kappa shape index (κ3) is 5.06. The normalized spacial score (nSPS) is 16.7. The molecule has 1 fully saturated rings. The summed E-state index contributed by atoms with van der Waals surface area (Å²) in [6.45, 7) is 4.68. The van der Waals surface area contributed by atoms with Gasteiger partial charge in [0, 0.05) is 25.2 Å². The summed E-state index contributed by atoms with van der Waals surface area (Å²) < 4.78 is 25.5. The number of hydrogen-bond acceptors (Lipinski definition) is 4. The highest BCUT2D eigenvalue weighted by Crippen LogP contribution is 2.29. The lowest BCUT2D eigenvalue weighted by Crippen LogP contribution is -2.32. The number of aryl methyl sites for hydroxylation is 1. The largest absolute Gasteiger partial charge is 0.352 e. The van der Waals surface area contributed by atoms with Crippen LogP contribution in [0.3, 0.4) is 0 Å². The first kappa shape index (κ1) is 22.0. The predicted molar refractivity (Wildman–Crippen MR) is 116 cm³/mol. The summed E-state index contributed by atoms with van der Waals surface area (Å²) >= 11 is 0. The van der Waals surface area contributed by atoms with Crippen molar-refractivity contribution >= 4 is 27.5 Å². The fourth-order valence-corrected chi connectivity index (χ4v) is 4.30. The van der Waals surface area contributed by atoms with Gasteiger partial charge in [-0.05, 0) is 49.2 Å². The molecule has 1 aliphatic heterocycles. The van der Waals surface area contributed by atoms with Gasteiger partial charge in [0.2, 0.25) is 21.8 Å². The lowest BCUT2D eigenvalue weighted by atomic mass is 10.1. The van der Waals surface area contributed by atoms with Crippen LogP contribution in [0.1, 0.15) is 28.7 Å². The van der Waals surface area contributed by atoms with Crippen LogP contribution < -0.4 is 14.9 Å². The molecular formula is C22H27N3O4S. The lowest BCUT2D eigenvalue weighted by Gasteiger charge is -2.20. The maximum absolute atomic E-state index is 12.6. The van der Waals surface area contributed by atoms with Gasteiger partial charge in [0.1, 0.15) is 0 Å². The minimum Gasteiger partial charge on any atom is -0.352 e. The molecule has 3 rings (SSSR count). The Bertz CT molecular complexity index is 1050. The standard InChI is InChI=1S/C22H27N3O4S/c1-15-5-4-6-20(16(15)2)25-13-19(11-21(25)26)22(27)24-12-17-7-9-18(10-8-17)14-30(28,29)23-3/h4-10,19,23H,11-14H2,1-3H3,(H,24,27)/t19-/m1/s1. The smallest absolute Gasteiger partial charge is 0.227 e. The molecule has 0 radical (unpaired) electrons. The average Bonchev–Trinajstić information content (AvgIpc) is 3.10. The second-order valence-electron chi connectivity index (χ2n) is 7.62. The Balaban J connectivity index is 1.58. The van der Waals surface area contributed by atoms with Gasteiger partial charge in [0.05, 0.1) is 11.7 Å². The maximum Gasteiger partial charge on any atom is 0.227 e. The van der Waals surface area contributed by atoms with Gasteiger partial charge < -0.3 is 10.2 Å². The van der Waals surface area contributed by atoms with Gasteiger partial charge >= 0.3 is 0 Å². The summed E-state index contributed by atoms with van der Waals surface area (Å²) in [5, 5.41) is 2.89. The summed E-state index contributed by atoms with van der Waals surface area (Å²) in [5.74, 6) is -0.677.